The van der Waals surface area contributed by atoms with Crippen LogP contribution in [-0.2, 0) is 0 Å². The van der Waals surface area contributed by atoms with Crippen LogP contribution >= 0.6 is 0 Å². The zero-order chi connectivity index (χ0) is 17.8. The molecular formula is C20H21NO4. The molecule has 0 saturated carbocycles. The minimum Gasteiger partial charge on any atom is -0.497 e. The minimum atomic E-state index is -0.608. The molecule has 1 atom stereocenters. The Hall–Kier alpha value is -2.79. The van der Waals surface area contributed by atoms with E-state index in [0.29, 0.717) is 35.6 Å². The van der Waals surface area contributed by atoms with Crippen molar-refractivity contribution < 1.29 is 19.1 Å². The molecule has 0 radical (unpaired) electrons. The summed E-state index contributed by atoms with van der Waals surface area (Å²) in [5.41, 5.74) is 1.99. The van der Waals surface area contributed by atoms with E-state index in [2.05, 4.69) is 5.32 Å². The minimum absolute atomic E-state index is 0.218. The molecule has 0 aliphatic rings. The maximum absolute atomic E-state index is 12.6. The number of hydrogen-bond acceptors (Lipinski definition) is 4. The Morgan fingerprint density at radius 2 is 2.00 bits per heavy atom. The standard InChI is InChI=1S/C20H21NO4/c1-13-19(16-12-15(24-2)8-9-18(16)25-13)20(23)21-11-10-17(22)14-6-4-3-5-7-14/h3-9,12,17,22H,10-11H2,1-2H3,(H,21,23). The van der Waals surface area contributed by atoms with Gasteiger partial charge in [-0.05, 0) is 37.1 Å². The van der Waals surface area contributed by atoms with Crippen LogP contribution in [0.2, 0.25) is 0 Å². The summed E-state index contributed by atoms with van der Waals surface area (Å²) in [5.74, 6) is 1.01. The lowest BCUT2D eigenvalue weighted by Gasteiger charge is -2.11. The van der Waals surface area contributed by atoms with Crippen molar-refractivity contribution in [2.24, 2.45) is 0 Å². The van der Waals surface area contributed by atoms with Crippen molar-refractivity contribution in [1.29, 1.82) is 0 Å². The number of fused-ring (bicyclic) bond motifs is 1. The maximum atomic E-state index is 12.6. The first-order chi connectivity index (χ1) is 12.1. The predicted octanol–water partition coefficient (Wildman–Crippen LogP) is 3.60. The Morgan fingerprint density at radius 1 is 1.24 bits per heavy atom. The first kappa shape index (κ1) is 17.0. The molecule has 0 saturated heterocycles. The van der Waals surface area contributed by atoms with Gasteiger partial charge >= 0.3 is 0 Å². The van der Waals surface area contributed by atoms with Crippen molar-refractivity contribution in [3.05, 3.63) is 65.4 Å². The van der Waals surface area contributed by atoms with Crippen molar-refractivity contribution in [3.63, 3.8) is 0 Å². The lowest BCUT2D eigenvalue weighted by Crippen LogP contribution is -2.26. The van der Waals surface area contributed by atoms with Gasteiger partial charge in [0.05, 0.1) is 18.8 Å². The SMILES string of the molecule is COc1ccc2oc(C)c(C(=O)NCCC(O)c3ccccc3)c2c1. The zero-order valence-electron chi connectivity index (χ0n) is 14.3. The number of aliphatic hydroxyl groups is 1. The van der Waals surface area contributed by atoms with Crippen LogP contribution in [0.3, 0.4) is 0 Å². The predicted molar refractivity (Wildman–Crippen MR) is 95.9 cm³/mol. The number of rotatable bonds is 6. The quantitative estimate of drug-likeness (QED) is 0.720. The number of amides is 1. The van der Waals surface area contributed by atoms with Gasteiger partial charge in [0.1, 0.15) is 17.1 Å². The van der Waals surface area contributed by atoms with Gasteiger partial charge in [-0.3, -0.25) is 4.79 Å². The lowest BCUT2D eigenvalue weighted by atomic mass is 10.1. The molecule has 5 nitrogen and oxygen atoms in total. The highest BCUT2D eigenvalue weighted by Crippen LogP contribution is 2.29. The van der Waals surface area contributed by atoms with Crippen LogP contribution in [0, 0.1) is 6.92 Å². The van der Waals surface area contributed by atoms with Crippen LogP contribution in [0.5, 0.6) is 5.75 Å². The number of carbonyl (C=O) groups is 1. The van der Waals surface area contributed by atoms with E-state index in [1.54, 1.807) is 32.2 Å². The van der Waals surface area contributed by atoms with E-state index >= 15 is 0 Å². The van der Waals surface area contributed by atoms with E-state index in [1.165, 1.54) is 0 Å². The van der Waals surface area contributed by atoms with Gasteiger partial charge in [0.25, 0.3) is 5.91 Å². The van der Waals surface area contributed by atoms with E-state index in [4.69, 9.17) is 9.15 Å². The van der Waals surface area contributed by atoms with Crippen LogP contribution in [-0.4, -0.2) is 24.7 Å². The van der Waals surface area contributed by atoms with Gasteiger partial charge in [0.2, 0.25) is 0 Å². The van der Waals surface area contributed by atoms with Crippen molar-refractivity contribution in [1.82, 2.24) is 5.32 Å². The average molecular weight is 339 g/mol. The van der Waals surface area contributed by atoms with Crippen LogP contribution in [0.1, 0.15) is 34.2 Å². The van der Waals surface area contributed by atoms with Gasteiger partial charge in [-0.1, -0.05) is 30.3 Å². The van der Waals surface area contributed by atoms with E-state index in [1.807, 2.05) is 30.3 Å². The van der Waals surface area contributed by atoms with Gasteiger partial charge in [0.15, 0.2) is 0 Å². The number of hydrogen-bond donors (Lipinski definition) is 2. The second-order valence-electron chi connectivity index (χ2n) is 5.87. The van der Waals surface area contributed by atoms with Crippen molar-refractivity contribution in [3.8, 4) is 5.75 Å². The Bertz CT molecular complexity index is 870. The number of ether oxygens (including phenoxy) is 1. The summed E-state index contributed by atoms with van der Waals surface area (Å²) in [6, 6.07) is 14.8. The first-order valence-electron chi connectivity index (χ1n) is 8.18. The average Bonchev–Trinajstić information content (AvgIpc) is 2.97. The Morgan fingerprint density at radius 3 is 2.72 bits per heavy atom. The molecule has 25 heavy (non-hydrogen) atoms. The molecule has 1 unspecified atom stereocenters. The van der Waals surface area contributed by atoms with E-state index < -0.39 is 6.10 Å². The molecule has 1 amide bonds. The molecule has 3 rings (SSSR count). The summed E-state index contributed by atoms with van der Waals surface area (Å²) in [6.45, 7) is 2.13. The first-order valence-corrected chi connectivity index (χ1v) is 8.18. The largest absolute Gasteiger partial charge is 0.497 e. The fraction of sp³-hybridized carbons (Fsp3) is 0.250. The molecule has 0 spiro atoms. The smallest absolute Gasteiger partial charge is 0.255 e. The number of aryl methyl sites for hydroxylation is 1. The highest BCUT2D eigenvalue weighted by Gasteiger charge is 2.19. The molecule has 0 fully saturated rings. The topological polar surface area (TPSA) is 71.7 Å². The molecule has 5 heteroatoms. The number of methoxy groups -OCH3 is 1. The third kappa shape index (κ3) is 3.67. The molecule has 0 aliphatic heterocycles. The van der Waals surface area contributed by atoms with Gasteiger partial charge in [0, 0.05) is 11.9 Å². The van der Waals surface area contributed by atoms with E-state index in [0.717, 1.165) is 10.9 Å². The molecule has 3 aromatic rings. The summed E-state index contributed by atoms with van der Waals surface area (Å²) in [7, 11) is 1.58. The normalized spacial score (nSPS) is 12.1. The van der Waals surface area contributed by atoms with Crippen LogP contribution in [0.4, 0.5) is 0 Å². The highest BCUT2D eigenvalue weighted by atomic mass is 16.5. The van der Waals surface area contributed by atoms with Gasteiger partial charge in [-0.15, -0.1) is 0 Å². The molecule has 1 heterocycles. The van der Waals surface area contributed by atoms with Crippen molar-refractivity contribution >= 4 is 16.9 Å². The summed E-state index contributed by atoms with van der Waals surface area (Å²) < 4.78 is 10.9. The maximum Gasteiger partial charge on any atom is 0.255 e. The third-order valence-corrected chi connectivity index (χ3v) is 4.19. The summed E-state index contributed by atoms with van der Waals surface area (Å²) in [6.07, 6.45) is -0.169. The fourth-order valence-electron chi connectivity index (χ4n) is 2.86. The van der Waals surface area contributed by atoms with Gasteiger partial charge < -0.3 is 19.6 Å². The van der Waals surface area contributed by atoms with Crippen LogP contribution < -0.4 is 10.1 Å². The van der Waals surface area contributed by atoms with Gasteiger partial charge in [-0.2, -0.15) is 0 Å². The summed E-state index contributed by atoms with van der Waals surface area (Å²) >= 11 is 0. The molecule has 0 bridgehead atoms. The highest BCUT2D eigenvalue weighted by molar-refractivity contribution is 6.07. The fourth-order valence-corrected chi connectivity index (χ4v) is 2.86. The van der Waals surface area contributed by atoms with Crippen molar-refractivity contribution in [2.75, 3.05) is 13.7 Å². The summed E-state index contributed by atoms with van der Waals surface area (Å²) in [5, 5.41) is 13.7. The van der Waals surface area contributed by atoms with E-state index in [9.17, 15) is 9.90 Å². The monoisotopic (exact) mass is 339 g/mol. The van der Waals surface area contributed by atoms with Crippen LogP contribution in [0.15, 0.2) is 52.9 Å². The lowest BCUT2D eigenvalue weighted by molar-refractivity contribution is 0.0942. The molecule has 0 aliphatic carbocycles. The molecular weight excluding hydrogens is 318 g/mol. The third-order valence-electron chi connectivity index (χ3n) is 4.19. The molecule has 2 aromatic carbocycles. The Kier molecular flexibility index (Phi) is 5.05. The Balaban J connectivity index is 1.69. The second kappa shape index (κ2) is 7.40. The number of benzene rings is 2. The molecule has 130 valence electrons. The molecule has 2 N–H and O–H groups in total. The number of carbonyl (C=O) groups excluding carboxylic acids is 1. The second-order valence-corrected chi connectivity index (χ2v) is 5.87. The van der Waals surface area contributed by atoms with Gasteiger partial charge in [-0.25, -0.2) is 0 Å². The molecule has 1 aromatic heterocycles. The number of nitrogens with one attached hydrogen (secondary N) is 1. The number of furan rings is 1. The number of aliphatic hydroxyl groups excluding tert-OH is 1. The Labute approximate surface area is 146 Å². The van der Waals surface area contributed by atoms with E-state index in [-0.39, 0.29) is 5.91 Å². The summed E-state index contributed by atoms with van der Waals surface area (Å²) in [4.78, 5) is 12.6. The van der Waals surface area contributed by atoms with Crippen molar-refractivity contribution in [2.45, 2.75) is 19.4 Å². The zero-order valence-corrected chi connectivity index (χ0v) is 14.3. The van der Waals surface area contributed by atoms with Crippen LogP contribution in [0.25, 0.3) is 11.0 Å².